The molecular formula is C25H38N6O2. The third-order valence-electron chi connectivity index (χ3n) is 6.50. The number of fused-ring (bicyclic) bond motifs is 1. The molecule has 0 radical (unpaired) electrons. The van der Waals surface area contributed by atoms with E-state index in [0.29, 0.717) is 6.61 Å². The van der Waals surface area contributed by atoms with E-state index in [1.54, 1.807) is 7.11 Å². The van der Waals surface area contributed by atoms with Crippen molar-refractivity contribution in [2.45, 2.75) is 19.4 Å². The summed E-state index contributed by atoms with van der Waals surface area (Å²) in [6.45, 7) is 9.23. The van der Waals surface area contributed by atoms with Crippen molar-refractivity contribution in [1.82, 2.24) is 19.8 Å². The van der Waals surface area contributed by atoms with Crippen LogP contribution in [-0.2, 0) is 22.5 Å². The highest BCUT2D eigenvalue weighted by molar-refractivity contribution is 5.63. The molecule has 0 unspecified atom stereocenters. The Kier molecular flexibility index (Phi) is 8.50. The molecule has 2 aromatic rings. The molecule has 2 aliphatic heterocycles. The van der Waals surface area contributed by atoms with Crippen molar-refractivity contribution in [2.75, 3.05) is 90.4 Å². The molecule has 0 amide bonds. The summed E-state index contributed by atoms with van der Waals surface area (Å²) < 4.78 is 10.9. The van der Waals surface area contributed by atoms with Gasteiger partial charge in [-0.3, -0.25) is 0 Å². The van der Waals surface area contributed by atoms with Gasteiger partial charge in [0.05, 0.1) is 25.5 Å². The molecule has 8 heteroatoms. The van der Waals surface area contributed by atoms with Crippen LogP contribution in [0.5, 0.6) is 0 Å². The monoisotopic (exact) mass is 454 g/mol. The second kappa shape index (κ2) is 11.7. The minimum atomic E-state index is 0.577. The molecule has 8 nitrogen and oxygen atoms in total. The fraction of sp³-hybridized carbons (Fsp3) is 0.600. The summed E-state index contributed by atoms with van der Waals surface area (Å²) in [5, 5.41) is 3.56. The summed E-state index contributed by atoms with van der Waals surface area (Å²) in [7, 11) is 6.06. The van der Waals surface area contributed by atoms with Crippen LogP contribution in [0.3, 0.4) is 0 Å². The fourth-order valence-electron chi connectivity index (χ4n) is 4.31. The molecule has 0 atom stereocenters. The van der Waals surface area contributed by atoms with E-state index >= 15 is 0 Å². The number of anilines is 2. The molecule has 1 aromatic heterocycles. The fourth-order valence-corrected chi connectivity index (χ4v) is 4.31. The Labute approximate surface area is 197 Å². The zero-order chi connectivity index (χ0) is 23.0. The molecule has 1 N–H and O–H groups in total. The number of rotatable bonds is 10. The van der Waals surface area contributed by atoms with Crippen LogP contribution in [0.4, 0.5) is 11.5 Å². The lowest BCUT2D eigenvalue weighted by Crippen LogP contribution is -2.44. The molecule has 1 fully saturated rings. The van der Waals surface area contributed by atoms with E-state index in [2.05, 4.69) is 58.4 Å². The molecule has 0 spiro atoms. The topological polar surface area (TPSA) is 66.0 Å². The van der Waals surface area contributed by atoms with Crippen LogP contribution in [0.25, 0.3) is 11.4 Å². The van der Waals surface area contributed by atoms with E-state index < -0.39 is 0 Å². The van der Waals surface area contributed by atoms with Crippen LogP contribution in [-0.4, -0.2) is 100.0 Å². The van der Waals surface area contributed by atoms with Crippen molar-refractivity contribution in [1.29, 1.82) is 0 Å². The Bertz CT molecular complexity index is 883. The van der Waals surface area contributed by atoms with Gasteiger partial charge in [-0.05, 0) is 51.3 Å². The van der Waals surface area contributed by atoms with Gasteiger partial charge in [0, 0.05) is 69.6 Å². The summed E-state index contributed by atoms with van der Waals surface area (Å²) in [5.41, 5.74) is 4.54. The minimum Gasteiger partial charge on any atom is -0.383 e. The maximum Gasteiger partial charge on any atom is 0.161 e. The highest BCUT2D eigenvalue weighted by atomic mass is 16.5. The van der Waals surface area contributed by atoms with Crippen molar-refractivity contribution in [2.24, 2.45) is 0 Å². The second-order valence-electron chi connectivity index (χ2n) is 9.04. The number of aromatic nitrogens is 2. The van der Waals surface area contributed by atoms with Crippen LogP contribution in [0.15, 0.2) is 24.3 Å². The number of hydrogen-bond donors (Lipinski definition) is 1. The van der Waals surface area contributed by atoms with Gasteiger partial charge in [-0.15, -0.1) is 0 Å². The van der Waals surface area contributed by atoms with Crippen molar-refractivity contribution >= 4 is 11.5 Å². The quantitative estimate of drug-likeness (QED) is 0.549. The maximum atomic E-state index is 5.71. The summed E-state index contributed by atoms with van der Waals surface area (Å²) in [5.74, 6) is 1.71. The van der Waals surface area contributed by atoms with Gasteiger partial charge >= 0.3 is 0 Å². The van der Waals surface area contributed by atoms with Gasteiger partial charge in [-0.1, -0.05) is 0 Å². The average Bonchev–Trinajstić information content (AvgIpc) is 2.85. The normalized spacial score (nSPS) is 16.8. The van der Waals surface area contributed by atoms with Gasteiger partial charge < -0.3 is 29.5 Å². The van der Waals surface area contributed by atoms with Crippen molar-refractivity contribution in [3.8, 4) is 11.4 Å². The first-order valence-corrected chi connectivity index (χ1v) is 12.1. The minimum absolute atomic E-state index is 0.577. The lowest BCUT2D eigenvalue weighted by atomic mass is 10.1. The van der Waals surface area contributed by atoms with Crippen molar-refractivity contribution < 1.29 is 9.47 Å². The Balaban J connectivity index is 1.44. The highest BCUT2D eigenvalue weighted by Crippen LogP contribution is 2.27. The number of nitrogens with one attached hydrogen (secondary N) is 1. The van der Waals surface area contributed by atoms with E-state index in [1.165, 1.54) is 5.69 Å². The molecule has 1 aromatic carbocycles. The summed E-state index contributed by atoms with van der Waals surface area (Å²) in [6.07, 6.45) is 1.87. The third-order valence-corrected chi connectivity index (χ3v) is 6.50. The summed E-state index contributed by atoms with van der Waals surface area (Å²) in [6, 6.07) is 8.72. The molecule has 0 aliphatic carbocycles. The molecule has 180 valence electrons. The number of methoxy groups -OCH3 is 1. The first-order valence-electron chi connectivity index (χ1n) is 12.1. The predicted molar refractivity (Wildman–Crippen MR) is 133 cm³/mol. The number of likely N-dealkylation sites (N-methyl/N-ethyl adjacent to an activating group) is 2. The van der Waals surface area contributed by atoms with Crippen LogP contribution in [0.2, 0.25) is 0 Å². The van der Waals surface area contributed by atoms with Crippen LogP contribution >= 0.6 is 0 Å². The van der Waals surface area contributed by atoms with Crippen molar-refractivity contribution in [3.63, 3.8) is 0 Å². The molecule has 2 aliphatic rings. The first-order chi connectivity index (χ1) is 16.1. The van der Waals surface area contributed by atoms with Gasteiger partial charge in [0.15, 0.2) is 5.82 Å². The summed E-state index contributed by atoms with van der Waals surface area (Å²) >= 11 is 0. The zero-order valence-corrected chi connectivity index (χ0v) is 20.3. The predicted octanol–water partition coefficient (Wildman–Crippen LogP) is 2.35. The maximum absolute atomic E-state index is 5.71. The highest BCUT2D eigenvalue weighted by Gasteiger charge is 2.19. The van der Waals surface area contributed by atoms with Crippen LogP contribution in [0.1, 0.15) is 17.7 Å². The van der Waals surface area contributed by atoms with Gasteiger partial charge in [0.2, 0.25) is 0 Å². The number of benzene rings is 1. The Morgan fingerprint density at radius 1 is 1.09 bits per heavy atom. The van der Waals surface area contributed by atoms with Crippen molar-refractivity contribution in [3.05, 3.63) is 35.5 Å². The first kappa shape index (κ1) is 23.9. The standard InChI is InChI=1S/C25H38N6O2/c1-29(16-18-32-3)11-4-10-26-25-22-19-33-17-9-23(22)27-24(28-25)20-5-7-21(8-6-20)31-14-12-30(2)13-15-31/h5-8H,4,9-19H2,1-3H3,(H,26,27,28). The molecule has 4 rings (SSSR count). The van der Waals surface area contributed by atoms with E-state index in [1.807, 2.05) is 0 Å². The molecule has 33 heavy (non-hydrogen) atoms. The number of ether oxygens (including phenoxy) is 2. The summed E-state index contributed by atoms with van der Waals surface area (Å²) in [4.78, 5) is 16.9. The van der Waals surface area contributed by atoms with Gasteiger partial charge in [0.1, 0.15) is 5.82 Å². The molecule has 1 saturated heterocycles. The lowest BCUT2D eigenvalue weighted by molar-refractivity contribution is 0.109. The number of piperazine rings is 1. The van der Waals surface area contributed by atoms with Crippen LogP contribution < -0.4 is 10.2 Å². The van der Waals surface area contributed by atoms with Gasteiger partial charge in [0.25, 0.3) is 0 Å². The second-order valence-corrected chi connectivity index (χ2v) is 9.04. The van der Waals surface area contributed by atoms with Crippen LogP contribution in [0, 0.1) is 0 Å². The number of hydrogen-bond acceptors (Lipinski definition) is 8. The Hall–Kier alpha value is -2.26. The van der Waals surface area contributed by atoms with E-state index in [9.17, 15) is 0 Å². The van der Waals surface area contributed by atoms with E-state index in [-0.39, 0.29) is 0 Å². The molecule has 0 saturated carbocycles. The van der Waals surface area contributed by atoms with Gasteiger partial charge in [-0.25, -0.2) is 9.97 Å². The molecular weight excluding hydrogens is 416 g/mol. The average molecular weight is 455 g/mol. The SMILES string of the molecule is COCCN(C)CCCNc1nc(-c2ccc(N3CCN(C)CC3)cc2)nc2c1COCC2. The number of nitrogens with zero attached hydrogens (tertiary/aromatic N) is 5. The molecule has 3 heterocycles. The Morgan fingerprint density at radius 2 is 1.88 bits per heavy atom. The van der Waals surface area contributed by atoms with E-state index in [0.717, 1.165) is 100 Å². The lowest BCUT2D eigenvalue weighted by Gasteiger charge is -2.34. The third kappa shape index (κ3) is 6.41. The largest absolute Gasteiger partial charge is 0.383 e. The molecule has 0 bridgehead atoms. The smallest absolute Gasteiger partial charge is 0.161 e. The van der Waals surface area contributed by atoms with E-state index in [4.69, 9.17) is 19.4 Å². The Morgan fingerprint density at radius 3 is 2.64 bits per heavy atom. The zero-order valence-electron chi connectivity index (χ0n) is 20.3. The van der Waals surface area contributed by atoms with Gasteiger partial charge in [-0.2, -0.15) is 0 Å².